The highest BCUT2D eigenvalue weighted by Gasteiger charge is 2.09. The van der Waals surface area contributed by atoms with Gasteiger partial charge in [0.05, 0.1) is 13.5 Å². The van der Waals surface area contributed by atoms with Gasteiger partial charge in [-0.2, -0.15) is 0 Å². The summed E-state index contributed by atoms with van der Waals surface area (Å²) in [6.45, 7) is 0.452. The Kier molecular flexibility index (Phi) is 6.41. The van der Waals surface area contributed by atoms with Gasteiger partial charge in [-0.05, 0) is 41.5 Å². The summed E-state index contributed by atoms with van der Waals surface area (Å²) in [6, 6.07) is 24.0. The Morgan fingerprint density at radius 3 is 2.32 bits per heavy atom. The number of carbonyl (C=O) groups excluding carboxylic acids is 2. The number of hydrogen-bond acceptors (Lipinski definition) is 3. The minimum atomic E-state index is -0.185. The maximum atomic E-state index is 12.4. The molecule has 0 atom stereocenters. The molecular weight excluding hydrogens is 352 g/mol. The smallest absolute Gasteiger partial charge is 0.251 e. The van der Waals surface area contributed by atoms with E-state index in [2.05, 4.69) is 10.6 Å². The Hall–Kier alpha value is -3.60. The lowest BCUT2D eigenvalue weighted by Gasteiger charge is -2.09. The lowest BCUT2D eigenvalue weighted by Crippen LogP contribution is -2.23. The number of amides is 2. The Labute approximate surface area is 164 Å². The summed E-state index contributed by atoms with van der Waals surface area (Å²) in [4.78, 5) is 24.7. The van der Waals surface area contributed by atoms with Crippen molar-refractivity contribution in [2.45, 2.75) is 13.0 Å². The number of anilines is 1. The predicted octanol–water partition coefficient (Wildman–Crippen LogP) is 3.81. The average Bonchev–Trinajstić information content (AvgIpc) is 2.73. The summed E-state index contributed by atoms with van der Waals surface area (Å²) in [7, 11) is 1.60. The van der Waals surface area contributed by atoms with Gasteiger partial charge in [-0.3, -0.25) is 9.59 Å². The third kappa shape index (κ3) is 5.45. The lowest BCUT2D eigenvalue weighted by molar-refractivity contribution is -0.115. The van der Waals surface area contributed by atoms with Crippen molar-refractivity contribution in [2.75, 3.05) is 12.4 Å². The van der Waals surface area contributed by atoms with Crippen LogP contribution < -0.4 is 15.4 Å². The topological polar surface area (TPSA) is 67.4 Å². The first-order valence-electron chi connectivity index (χ1n) is 8.99. The Morgan fingerprint density at radius 1 is 0.857 bits per heavy atom. The largest absolute Gasteiger partial charge is 0.497 e. The van der Waals surface area contributed by atoms with Crippen LogP contribution in [-0.2, 0) is 17.8 Å². The highest BCUT2D eigenvalue weighted by atomic mass is 16.5. The first-order valence-corrected chi connectivity index (χ1v) is 8.99. The van der Waals surface area contributed by atoms with Gasteiger partial charge < -0.3 is 15.4 Å². The molecule has 3 aromatic carbocycles. The number of carbonyl (C=O) groups is 2. The highest BCUT2D eigenvalue weighted by molar-refractivity contribution is 5.97. The number of ether oxygens (including phenoxy) is 1. The van der Waals surface area contributed by atoms with Gasteiger partial charge in [0.2, 0.25) is 5.91 Å². The molecule has 0 spiro atoms. The summed E-state index contributed by atoms with van der Waals surface area (Å²) in [5.41, 5.74) is 3.00. The van der Waals surface area contributed by atoms with Gasteiger partial charge in [-0.15, -0.1) is 0 Å². The highest BCUT2D eigenvalue weighted by Crippen LogP contribution is 2.14. The first kappa shape index (κ1) is 19.2. The Bertz CT molecular complexity index is 938. The van der Waals surface area contributed by atoms with Crippen LogP contribution in [0.3, 0.4) is 0 Å². The minimum absolute atomic E-state index is 0.146. The quantitative estimate of drug-likeness (QED) is 0.661. The number of benzene rings is 3. The predicted molar refractivity (Wildman–Crippen MR) is 109 cm³/mol. The van der Waals surface area contributed by atoms with E-state index in [-0.39, 0.29) is 18.2 Å². The molecule has 0 aliphatic rings. The van der Waals surface area contributed by atoms with Crippen molar-refractivity contribution in [1.82, 2.24) is 5.32 Å². The van der Waals surface area contributed by atoms with Crippen LogP contribution in [0.2, 0.25) is 0 Å². The van der Waals surface area contributed by atoms with Crippen molar-refractivity contribution >= 4 is 17.5 Å². The average molecular weight is 374 g/mol. The molecule has 28 heavy (non-hydrogen) atoms. The van der Waals surface area contributed by atoms with Crippen molar-refractivity contribution in [1.29, 1.82) is 0 Å². The molecule has 0 unspecified atom stereocenters. The number of rotatable bonds is 7. The first-order chi connectivity index (χ1) is 13.6. The SMILES string of the molecule is COc1ccc(CC(=O)Nc2cccc(C(=O)NCc3ccccc3)c2)cc1. The second-order valence-electron chi connectivity index (χ2n) is 6.32. The molecule has 0 fully saturated rings. The van der Waals surface area contributed by atoms with Crippen LogP contribution in [0.25, 0.3) is 0 Å². The van der Waals surface area contributed by atoms with Gasteiger partial charge in [-0.25, -0.2) is 0 Å². The van der Waals surface area contributed by atoms with Gasteiger partial charge in [-0.1, -0.05) is 48.5 Å². The lowest BCUT2D eigenvalue weighted by atomic mass is 10.1. The molecule has 0 bridgehead atoms. The van der Waals surface area contributed by atoms with Gasteiger partial charge in [0.25, 0.3) is 5.91 Å². The summed E-state index contributed by atoms with van der Waals surface area (Å²) in [5.74, 6) is 0.417. The molecule has 5 nitrogen and oxygen atoms in total. The van der Waals surface area contributed by atoms with E-state index in [4.69, 9.17) is 4.74 Å². The monoisotopic (exact) mass is 374 g/mol. The molecule has 2 N–H and O–H groups in total. The summed E-state index contributed by atoms with van der Waals surface area (Å²) in [5, 5.41) is 5.72. The van der Waals surface area contributed by atoms with Crippen molar-refractivity contribution in [3.8, 4) is 5.75 Å². The van der Waals surface area contributed by atoms with Crippen LogP contribution in [0.1, 0.15) is 21.5 Å². The molecule has 0 aliphatic heterocycles. The van der Waals surface area contributed by atoms with Crippen LogP contribution in [-0.4, -0.2) is 18.9 Å². The van der Waals surface area contributed by atoms with E-state index in [9.17, 15) is 9.59 Å². The van der Waals surface area contributed by atoms with E-state index >= 15 is 0 Å². The zero-order valence-electron chi connectivity index (χ0n) is 15.6. The molecule has 5 heteroatoms. The third-order valence-electron chi connectivity index (χ3n) is 4.23. The van der Waals surface area contributed by atoms with E-state index in [0.29, 0.717) is 17.8 Å². The standard InChI is InChI=1S/C23H22N2O3/c1-28-21-12-10-17(11-13-21)14-22(26)25-20-9-5-8-19(15-20)23(27)24-16-18-6-3-2-4-7-18/h2-13,15H,14,16H2,1H3,(H,24,27)(H,25,26). The molecule has 3 aromatic rings. The van der Waals surface area contributed by atoms with Crippen molar-refractivity contribution in [3.05, 3.63) is 95.6 Å². The Morgan fingerprint density at radius 2 is 1.61 bits per heavy atom. The van der Waals surface area contributed by atoms with E-state index in [1.807, 2.05) is 54.6 Å². The van der Waals surface area contributed by atoms with Crippen molar-refractivity contribution in [2.24, 2.45) is 0 Å². The van der Waals surface area contributed by atoms with Crippen LogP contribution >= 0.6 is 0 Å². The van der Waals surface area contributed by atoms with E-state index in [0.717, 1.165) is 16.9 Å². The maximum Gasteiger partial charge on any atom is 0.251 e. The van der Waals surface area contributed by atoms with Gasteiger partial charge in [0.15, 0.2) is 0 Å². The van der Waals surface area contributed by atoms with E-state index < -0.39 is 0 Å². The molecular formula is C23H22N2O3. The van der Waals surface area contributed by atoms with Crippen LogP contribution in [0, 0.1) is 0 Å². The number of nitrogens with one attached hydrogen (secondary N) is 2. The van der Waals surface area contributed by atoms with Gasteiger partial charge >= 0.3 is 0 Å². The number of methoxy groups -OCH3 is 1. The molecule has 0 radical (unpaired) electrons. The van der Waals surface area contributed by atoms with Crippen LogP contribution in [0.4, 0.5) is 5.69 Å². The maximum absolute atomic E-state index is 12.4. The third-order valence-corrected chi connectivity index (χ3v) is 4.23. The minimum Gasteiger partial charge on any atom is -0.497 e. The summed E-state index contributed by atoms with van der Waals surface area (Å²) in [6.07, 6.45) is 0.244. The van der Waals surface area contributed by atoms with Crippen LogP contribution in [0.15, 0.2) is 78.9 Å². The molecule has 3 rings (SSSR count). The second-order valence-corrected chi connectivity index (χ2v) is 6.32. The zero-order valence-corrected chi connectivity index (χ0v) is 15.6. The fraction of sp³-hybridized carbons (Fsp3) is 0.130. The Balaban J connectivity index is 1.57. The van der Waals surface area contributed by atoms with Gasteiger partial charge in [0, 0.05) is 17.8 Å². The number of hydrogen-bond donors (Lipinski definition) is 2. The van der Waals surface area contributed by atoms with Crippen molar-refractivity contribution in [3.63, 3.8) is 0 Å². The van der Waals surface area contributed by atoms with E-state index in [1.54, 1.807) is 31.4 Å². The molecule has 0 saturated heterocycles. The molecule has 142 valence electrons. The normalized spacial score (nSPS) is 10.2. The molecule has 2 amide bonds. The van der Waals surface area contributed by atoms with E-state index in [1.165, 1.54) is 0 Å². The molecule has 0 aliphatic carbocycles. The zero-order chi connectivity index (χ0) is 19.8. The second kappa shape index (κ2) is 9.37. The summed E-state index contributed by atoms with van der Waals surface area (Å²) >= 11 is 0. The van der Waals surface area contributed by atoms with Crippen molar-refractivity contribution < 1.29 is 14.3 Å². The molecule has 0 saturated carbocycles. The van der Waals surface area contributed by atoms with Crippen LogP contribution in [0.5, 0.6) is 5.75 Å². The molecule has 0 aromatic heterocycles. The fourth-order valence-electron chi connectivity index (χ4n) is 2.75. The molecule has 0 heterocycles. The van der Waals surface area contributed by atoms with Gasteiger partial charge in [0.1, 0.15) is 5.75 Å². The fourth-order valence-corrected chi connectivity index (χ4v) is 2.75. The summed E-state index contributed by atoms with van der Waals surface area (Å²) < 4.78 is 5.12.